The summed E-state index contributed by atoms with van der Waals surface area (Å²) in [5, 5.41) is 10.4. The number of methoxy groups -OCH3 is 1. The molecular weight excluding hydrogens is 232 g/mol. The molecule has 5 heteroatoms. The van der Waals surface area contributed by atoms with E-state index in [4.69, 9.17) is 9.47 Å². The minimum absolute atomic E-state index is 0.160. The lowest BCUT2D eigenvalue weighted by Gasteiger charge is -2.31. The summed E-state index contributed by atoms with van der Waals surface area (Å²) in [7, 11) is 1.60. The molecule has 0 saturated carbocycles. The summed E-state index contributed by atoms with van der Waals surface area (Å²) in [5.74, 6) is 1.42. The molecule has 2 heterocycles. The predicted molar refractivity (Wildman–Crippen MR) is 64.7 cm³/mol. The molecule has 0 amide bonds. The lowest BCUT2D eigenvalue weighted by Crippen LogP contribution is -2.28. The standard InChI is InChI=1S/C13H14N2O3/c1-17-9-2-3-12-10(6-9)13(16)11(7-18-12)15-5-4-14-8-15/h2-6,8,11,13,16H,7H2,1H3. The number of ether oxygens (including phenoxy) is 2. The van der Waals surface area contributed by atoms with E-state index >= 15 is 0 Å². The SMILES string of the molecule is COc1ccc2c(c1)C(O)C(n1ccnc1)CO2. The van der Waals surface area contributed by atoms with Crippen molar-refractivity contribution in [3.05, 3.63) is 42.5 Å². The number of benzene rings is 1. The number of fused-ring (bicyclic) bond motifs is 1. The zero-order chi connectivity index (χ0) is 12.5. The molecule has 1 aliphatic rings. The van der Waals surface area contributed by atoms with Crippen molar-refractivity contribution in [3.8, 4) is 11.5 Å². The number of hydrogen-bond donors (Lipinski definition) is 1. The Morgan fingerprint density at radius 2 is 2.39 bits per heavy atom. The molecule has 3 rings (SSSR count). The monoisotopic (exact) mass is 246 g/mol. The van der Waals surface area contributed by atoms with Crippen molar-refractivity contribution in [2.24, 2.45) is 0 Å². The van der Waals surface area contributed by atoms with E-state index in [2.05, 4.69) is 4.98 Å². The first-order valence-corrected chi connectivity index (χ1v) is 5.76. The van der Waals surface area contributed by atoms with Crippen LogP contribution in [0.25, 0.3) is 0 Å². The Morgan fingerprint density at radius 3 is 3.11 bits per heavy atom. The largest absolute Gasteiger partial charge is 0.497 e. The molecule has 94 valence electrons. The number of aromatic nitrogens is 2. The maximum atomic E-state index is 10.4. The molecule has 1 aromatic carbocycles. The lowest BCUT2D eigenvalue weighted by atomic mass is 9.99. The molecule has 5 nitrogen and oxygen atoms in total. The molecule has 1 aromatic heterocycles. The second-order valence-electron chi connectivity index (χ2n) is 4.24. The molecular formula is C13H14N2O3. The van der Waals surface area contributed by atoms with Crippen molar-refractivity contribution < 1.29 is 14.6 Å². The Hall–Kier alpha value is -2.01. The summed E-state index contributed by atoms with van der Waals surface area (Å²) in [6.45, 7) is 0.427. The third-order valence-electron chi connectivity index (χ3n) is 3.22. The fourth-order valence-electron chi connectivity index (χ4n) is 2.20. The van der Waals surface area contributed by atoms with Crippen LogP contribution in [0.1, 0.15) is 17.7 Å². The van der Waals surface area contributed by atoms with E-state index in [9.17, 15) is 5.11 Å². The van der Waals surface area contributed by atoms with E-state index < -0.39 is 6.10 Å². The number of rotatable bonds is 2. The highest BCUT2D eigenvalue weighted by Gasteiger charge is 2.30. The third-order valence-corrected chi connectivity index (χ3v) is 3.22. The van der Waals surface area contributed by atoms with Gasteiger partial charge in [-0.2, -0.15) is 0 Å². The summed E-state index contributed by atoms with van der Waals surface area (Å²) < 4.78 is 12.7. The Kier molecular flexibility index (Phi) is 2.68. The van der Waals surface area contributed by atoms with Crippen LogP contribution in [-0.2, 0) is 0 Å². The first kappa shape index (κ1) is 11.1. The van der Waals surface area contributed by atoms with Gasteiger partial charge in [0, 0.05) is 18.0 Å². The predicted octanol–water partition coefficient (Wildman–Crippen LogP) is 1.56. The molecule has 1 N–H and O–H groups in total. The lowest BCUT2D eigenvalue weighted by molar-refractivity contribution is 0.0566. The minimum atomic E-state index is -0.627. The highest BCUT2D eigenvalue weighted by Crippen LogP contribution is 2.39. The third kappa shape index (κ3) is 1.73. The average Bonchev–Trinajstić information content (AvgIpc) is 2.93. The van der Waals surface area contributed by atoms with Crippen LogP contribution in [0.15, 0.2) is 36.9 Å². The van der Waals surface area contributed by atoms with Crippen LogP contribution in [0.4, 0.5) is 0 Å². The smallest absolute Gasteiger partial charge is 0.125 e. The van der Waals surface area contributed by atoms with Gasteiger partial charge in [-0.05, 0) is 18.2 Å². The van der Waals surface area contributed by atoms with E-state index in [1.165, 1.54) is 0 Å². The van der Waals surface area contributed by atoms with Gasteiger partial charge >= 0.3 is 0 Å². The maximum absolute atomic E-state index is 10.4. The molecule has 2 atom stereocenters. The van der Waals surface area contributed by atoms with Crippen LogP contribution < -0.4 is 9.47 Å². The van der Waals surface area contributed by atoms with Gasteiger partial charge in [0.15, 0.2) is 0 Å². The fraction of sp³-hybridized carbons (Fsp3) is 0.308. The van der Waals surface area contributed by atoms with Crippen LogP contribution in [0.3, 0.4) is 0 Å². The van der Waals surface area contributed by atoms with E-state index in [1.54, 1.807) is 19.6 Å². The molecule has 18 heavy (non-hydrogen) atoms. The molecule has 0 fully saturated rings. The first-order chi connectivity index (χ1) is 8.79. The van der Waals surface area contributed by atoms with Crippen LogP contribution >= 0.6 is 0 Å². The van der Waals surface area contributed by atoms with Gasteiger partial charge in [-0.15, -0.1) is 0 Å². The Labute approximate surface area is 105 Å². The summed E-state index contributed by atoms with van der Waals surface area (Å²) in [6, 6.07) is 5.29. The fourth-order valence-corrected chi connectivity index (χ4v) is 2.20. The van der Waals surface area contributed by atoms with Crippen molar-refractivity contribution >= 4 is 0 Å². The van der Waals surface area contributed by atoms with Gasteiger partial charge in [-0.25, -0.2) is 4.98 Å². The van der Waals surface area contributed by atoms with E-state index in [0.717, 1.165) is 5.56 Å². The van der Waals surface area contributed by atoms with Gasteiger partial charge in [0.2, 0.25) is 0 Å². The highest BCUT2D eigenvalue weighted by molar-refractivity contribution is 5.43. The molecule has 0 radical (unpaired) electrons. The molecule has 0 bridgehead atoms. The summed E-state index contributed by atoms with van der Waals surface area (Å²) in [6.07, 6.45) is 4.57. The van der Waals surface area contributed by atoms with Gasteiger partial charge < -0.3 is 19.1 Å². The van der Waals surface area contributed by atoms with Crippen molar-refractivity contribution in [2.75, 3.05) is 13.7 Å². The van der Waals surface area contributed by atoms with Crippen LogP contribution in [0, 0.1) is 0 Å². The summed E-state index contributed by atoms with van der Waals surface area (Å²) in [4.78, 5) is 3.99. The number of imidazole rings is 1. The number of aliphatic hydroxyl groups excluding tert-OH is 1. The Morgan fingerprint density at radius 1 is 1.50 bits per heavy atom. The molecule has 0 aliphatic carbocycles. The van der Waals surface area contributed by atoms with Crippen molar-refractivity contribution in [1.82, 2.24) is 9.55 Å². The zero-order valence-corrected chi connectivity index (χ0v) is 9.98. The molecule has 0 spiro atoms. The van der Waals surface area contributed by atoms with Gasteiger partial charge in [0.05, 0.1) is 19.5 Å². The highest BCUT2D eigenvalue weighted by atomic mass is 16.5. The zero-order valence-electron chi connectivity index (χ0n) is 9.98. The van der Waals surface area contributed by atoms with Gasteiger partial charge in [-0.3, -0.25) is 0 Å². The molecule has 2 aromatic rings. The Balaban J connectivity index is 1.97. The van der Waals surface area contributed by atoms with Crippen LogP contribution in [0.2, 0.25) is 0 Å². The summed E-state index contributed by atoms with van der Waals surface area (Å²) >= 11 is 0. The maximum Gasteiger partial charge on any atom is 0.125 e. The van der Waals surface area contributed by atoms with Gasteiger partial charge in [0.25, 0.3) is 0 Å². The summed E-state index contributed by atoms with van der Waals surface area (Å²) in [5.41, 5.74) is 0.749. The average molecular weight is 246 g/mol. The van der Waals surface area contributed by atoms with Gasteiger partial charge in [-0.1, -0.05) is 0 Å². The topological polar surface area (TPSA) is 56.5 Å². The minimum Gasteiger partial charge on any atom is -0.497 e. The quantitative estimate of drug-likeness (QED) is 0.873. The second kappa shape index (κ2) is 4.34. The van der Waals surface area contributed by atoms with E-state index in [-0.39, 0.29) is 6.04 Å². The molecule has 2 unspecified atom stereocenters. The number of hydrogen-bond acceptors (Lipinski definition) is 4. The van der Waals surface area contributed by atoms with E-state index in [0.29, 0.717) is 18.1 Å². The Bertz CT molecular complexity index is 539. The van der Waals surface area contributed by atoms with Crippen molar-refractivity contribution in [2.45, 2.75) is 12.1 Å². The molecule has 0 saturated heterocycles. The number of nitrogens with zero attached hydrogens (tertiary/aromatic N) is 2. The molecule has 1 aliphatic heterocycles. The van der Waals surface area contributed by atoms with Gasteiger partial charge in [0.1, 0.15) is 24.2 Å². The van der Waals surface area contributed by atoms with Crippen LogP contribution in [0.5, 0.6) is 11.5 Å². The first-order valence-electron chi connectivity index (χ1n) is 5.76. The van der Waals surface area contributed by atoms with E-state index in [1.807, 2.05) is 29.0 Å². The van der Waals surface area contributed by atoms with Crippen molar-refractivity contribution in [1.29, 1.82) is 0 Å². The number of aliphatic hydroxyl groups is 1. The van der Waals surface area contributed by atoms with Crippen LogP contribution in [-0.4, -0.2) is 28.4 Å². The normalized spacial score (nSPS) is 22.1. The second-order valence-corrected chi connectivity index (χ2v) is 4.24. The van der Waals surface area contributed by atoms with Crippen molar-refractivity contribution in [3.63, 3.8) is 0 Å².